The van der Waals surface area contributed by atoms with E-state index in [1.165, 1.54) is 5.57 Å². The number of hydrogen-bond acceptors (Lipinski definition) is 8. The highest BCUT2D eigenvalue weighted by Crippen LogP contribution is 2.40. The van der Waals surface area contributed by atoms with Gasteiger partial charge in [-0.15, -0.1) is 11.3 Å². The minimum absolute atomic E-state index is 0.182. The second-order valence-corrected chi connectivity index (χ2v) is 9.02. The average Bonchev–Trinajstić information content (AvgIpc) is 3.29. The van der Waals surface area contributed by atoms with E-state index in [0.29, 0.717) is 25.0 Å². The maximum absolute atomic E-state index is 9.75. The van der Waals surface area contributed by atoms with E-state index in [0.717, 1.165) is 44.4 Å². The molecule has 0 saturated heterocycles. The Kier molecular flexibility index (Phi) is 6.50. The van der Waals surface area contributed by atoms with Crippen LogP contribution in [-0.4, -0.2) is 46.9 Å². The molecule has 3 N–H and O–H groups in total. The Bertz CT molecular complexity index is 1080. The largest absolute Gasteiger partial charge is 0.396 e. The molecule has 1 aromatic carbocycles. The first-order chi connectivity index (χ1) is 15.0. The first-order valence-electron chi connectivity index (χ1n) is 10.6. The number of hydrogen-bond donors (Lipinski definition) is 3. The van der Waals surface area contributed by atoms with Crippen molar-refractivity contribution >= 4 is 33.3 Å². The average molecular weight is 440 g/mol. The Balaban J connectivity index is 1.76. The number of thiazole rings is 1. The number of aromatic nitrogens is 3. The number of allylic oxidation sites excluding steroid dienone is 2. The molecular weight excluding hydrogens is 410 g/mol. The molecule has 7 nitrogen and oxygen atoms in total. The first-order valence-corrected chi connectivity index (χ1v) is 11.4. The number of aliphatic hydroxyl groups is 1. The summed E-state index contributed by atoms with van der Waals surface area (Å²) in [5.74, 6) is 1.87. The van der Waals surface area contributed by atoms with E-state index in [-0.39, 0.29) is 12.5 Å². The van der Waals surface area contributed by atoms with Crippen molar-refractivity contribution in [1.29, 1.82) is 0 Å². The van der Waals surface area contributed by atoms with Gasteiger partial charge in [-0.25, -0.2) is 9.97 Å². The van der Waals surface area contributed by atoms with Crippen molar-refractivity contribution in [2.45, 2.75) is 27.2 Å². The zero-order chi connectivity index (χ0) is 22.0. The van der Waals surface area contributed by atoms with Gasteiger partial charge in [0.1, 0.15) is 10.8 Å². The van der Waals surface area contributed by atoms with Crippen molar-refractivity contribution < 1.29 is 9.84 Å². The fourth-order valence-corrected chi connectivity index (χ4v) is 5.05. The van der Waals surface area contributed by atoms with Crippen molar-refractivity contribution in [2.75, 3.05) is 37.5 Å². The summed E-state index contributed by atoms with van der Waals surface area (Å²) in [7, 11) is 1.67. The quantitative estimate of drug-likeness (QED) is 0.447. The summed E-state index contributed by atoms with van der Waals surface area (Å²) in [5.41, 5.74) is 5.13. The van der Waals surface area contributed by atoms with E-state index in [2.05, 4.69) is 35.5 Å². The molecule has 2 heterocycles. The van der Waals surface area contributed by atoms with Gasteiger partial charge in [0.15, 0.2) is 0 Å². The zero-order valence-electron chi connectivity index (χ0n) is 18.4. The smallest absolute Gasteiger partial charge is 0.224 e. The number of benzene rings is 1. The van der Waals surface area contributed by atoms with Crippen LogP contribution in [0.25, 0.3) is 20.8 Å². The van der Waals surface area contributed by atoms with E-state index in [1.54, 1.807) is 18.4 Å². The molecule has 0 aliphatic heterocycles. The molecule has 4 rings (SSSR count). The lowest BCUT2D eigenvalue weighted by Gasteiger charge is -2.16. The molecule has 8 heteroatoms. The van der Waals surface area contributed by atoms with Gasteiger partial charge in [-0.05, 0) is 44.2 Å². The number of aryl methyl sites for hydroxylation is 1. The van der Waals surface area contributed by atoms with Gasteiger partial charge in [-0.2, -0.15) is 4.98 Å². The molecule has 3 aromatic rings. The molecule has 0 bridgehead atoms. The first kappa shape index (κ1) is 21.7. The normalized spacial score (nSPS) is 18.7. The van der Waals surface area contributed by atoms with Crippen LogP contribution in [0.5, 0.6) is 0 Å². The second kappa shape index (κ2) is 9.30. The summed E-state index contributed by atoms with van der Waals surface area (Å²) in [4.78, 5) is 14.3. The van der Waals surface area contributed by atoms with Gasteiger partial charge in [0.25, 0.3) is 0 Å². The second-order valence-electron chi connectivity index (χ2n) is 7.98. The maximum Gasteiger partial charge on any atom is 0.224 e. The van der Waals surface area contributed by atoms with Crippen LogP contribution in [-0.2, 0) is 4.74 Å². The highest BCUT2D eigenvalue weighted by Gasteiger charge is 2.30. The fourth-order valence-electron chi connectivity index (χ4n) is 3.99. The molecule has 0 spiro atoms. The van der Waals surface area contributed by atoms with Gasteiger partial charge in [0, 0.05) is 26.0 Å². The molecule has 1 aliphatic carbocycles. The van der Waals surface area contributed by atoms with E-state index in [1.807, 2.05) is 25.1 Å². The van der Waals surface area contributed by atoms with Crippen LogP contribution >= 0.6 is 11.3 Å². The Morgan fingerprint density at radius 1 is 1.19 bits per heavy atom. The fraction of sp³-hybridized carbons (Fsp3) is 0.435. The Morgan fingerprint density at radius 3 is 2.71 bits per heavy atom. The van der Waals surface area contributed by atoms with Crippen molar-refractivity contribution in [3.8, 4) is 10.6 Å². The van der Waals surface area contributed by atoms with Crippen LogP contribution in [0.1, 0.15) is 26.0 Å². The molecule has 0 fully saturated rings. The van der Waals surface area contributed by atoms with Crippen molar-refractivity contribution in [3.63, 3.8) is 0 Å². The molecule has 31 heavy (non-hydrogen) atoms. The molecule has 0 amide bonds. The highest BCUT2D eigenvalue weighted by molar-refractivity contribution is 7.21. The summed E-state index contributed by atoms with van der Waals surface area (Å²) in [5, 5.41) is 17.5. The molecule has 2 aromatic heterocycles. The number of fused-ring (bicyclic) bond motifs is 1. The lowest BCUT2D eigenvalue weighted by atomic mass is 9.95. The monoisotopic (exact) mass is 439 g/mol. The third-order valence-corrected chi connectivity index (χ3v) is 7.08. The minimum Gasteiger partial charge on any atom is -0.396 e. The Morgan fingerprint density at radius 2 is 2.00 bits per heavy atom. The molecule has 164 valence electrons. The predicted molar refractivity (Wildman–Crippen MR) is 126 cm³/mol. The third-order valence-electron chi connectivity index (χ3n) is 6.02. The lowest BCUT2D eigenvalue weighted by Crippen LogP contribution is -2.13. The Labute approximate surface area is 186 Å². The number of anilines is 2. The minimum atomic E-state index is 0.182. The molecule has 0 radical (unpaired) electrons. The number of ether oxygens (including phenoxy) is 1. The van der Waals surface area contributed by atoms with Crippen LogP contribution in [0.15, 0.2) is 35.5 Å². The molecule has 2 atom stereocenters. The van der Waals surface area contributed by atoms with Gasteiger partial charge in [-0.3, -0.25) is 0 Å². The van der Waals surface area contributed by atoms with Crippen LogP contribution in [0, 0.1) is 18.8 Å². The number of nitrogens with one attached hydrogen (secondary N) is 2. The van der Waals surface area contributed by atoms with Crippen molar-refractivity contribution in [2.24, 2.45) is 11.8 Å². The summed E-state index contributed by atoms with van der Waals surface area (Å²) < 4.78 is 6.27. The van der Waals surface area contributed by atoms with Gasteiger partial charge in [0.05, 0.1) is 28.1 Å². The maximum atomic E-state index is 9.75. The lowest BCUT2D eigenvalue weighted by molar-refractivity contribution is 0.205. The van der Waals surface area contributed by atoms with Crippen molar-refractivity contribution in [3.05, 3.63) is 41.2 Å². The molecule has 1 aliphatic rings. The number of methoxy groups -OCH3 is 1. The Hall–Kier alpha value is -2.55. The van der Waals surface area contributed by atoms with Gasteiger partial charge >= 0.3 is 0 Å². The number of aliphatic hydroxyl groups excluding tert-OH is 1. The standard InChI is InChI=1S/C23H29N5O2S/c1-13-14(2)18(11-16(13)12-29)26-21-20(15(3)25-23(28-21)24-9-10-30-4)22-27-17-7-5-6-8-19(17)31-22/h5-8,13,16,29H,9-12H2,1-4H3,(H2,24,25,26,28)/t13-,16+/m0/s1. The third kappa shape index (κ3) is 4.42. The topological polar surface area (TPSA) is 92.2 Å². The number of para-hydroxylation sites is 1. The number of rotatable bonds is 8. The van der Waals surface area contributed by atoms with E-state index in [9.17, 15) is 5.11 Å². The summed E-state index contributed by atoms with van der Waals surface area (Å²) in [6.45, 7) is 7.67. The van der Waals surface area contributed by atoms with Crippen LogP contribution in [0.3, 0.4) is 0 Å². The summed E-state index contributed by atoms with van der Waals surface area (Å²) in [6, 6.07) is 8.13. The van der Waals surface area contributed by atoms with Gasteiger partial charge < -0.3 is 20.5 Å². The zero-order valence-corrected chi connectivity index (χ0v) is 19.2. The predicted octanol–water partition coefficient (Wildman–Crippen LogP) is 4.45. The molecule has 0 unspecified atom stereocenters. The van der Waals surface area contributed by atoms with Gasteiger partial charge in [0.2, 0.25) is 5.95 Å². The van der Waals surface area contributed by atoms with Crippen molar-refractivity contribution in [1.82, 2.24) is 15.0 Å². The van der Waals surface area contributed by atoms with Crippen LogP contribution < -0.4 is 10.6 Å². The molecule has 0 saturated carbocycles. The van der Waals surface area contributed by atoms with Gasteiger partial charge in [-0.1, -0.05) is 24.6 Å². The number of nitrogens with zero attached hydrogens (tertiary/aromatic N) is 3. The summed E-state index contributed by atoms with van der Waals surface area (Å²) in [6.07, 6.45) is 0.804. The van der Waals surface area contributed by atoms with Crippen LogP contribution in [0.2, 0.25) is 0 Å². The van der Waals surface area contributed by atoms with E-state index >= 15 is 0 Å². The molecular formula is C23H29N5O2S. The SMILES string of the molecule is COCCNc1nc(C)c(-c2nc3ccccc3s2)c(NC2=C(C)[C@H](C)[C@@H](CO)C2)n1. The highest BCUT2D eigenvalue weighted by atomic mass is 32.1. The van der Waals surface area contributed by atoms with E-state index < -0.39 is 0 Å². The summed E-state index contributed by atoms with van der Waals surface area (Å²) >= 11 is 1.64. The van der Waals surface area contributed by atoms with Crippen LogP contribution in [0.4, 0.5) is 11.8 Å². The van der Waals surface area contributed by atoms with E-state index in [4.69, 9.17) is 14.7 Å².